The second-order valence-electron chi connectivity index (χ2n) is 6.57. The van der Waals surface area contributed by atoms with Gasteiger partial charge in [-0.15, -0.1) is 11.3 Å². The van der Waals surface area contributed by atoms with Crippen LogP contribution in [0, 0.1) is 6.92 Å². The van der Waals surface area contributed by atoms with Crippen molar-refractivity contribution in [2.24, 2.45) is 0 Å². The van der Waals surface area contributed by atoms with Crippen molar-refractivity contribution < 1.29 is 19.1 Å². The van der Waals surface area contributed by atoms with E-state index in [-0.39, 0.29) is 5.13 Å². The smallest absolute Gasteiger partial charge is 0.426 e. The monoisotopic (exact) mass is 314 g/mol. The first-order valence-corrected chi connectivity index (χ1v) is 7.45. The molecule has 0 aliphatic carbocycles. The Morgan fingerprint density at radius 3 is 1.76 bits per heavy atom. The maximum atomic E-state index is 12.3. The van der Waals surface area contributed by atoms with Crippen LogP contribution >= 0.6 is 11.3 Å². The zero-order valence-corrected chi connectivity index (χ0v) is 14.3. The van der Waals surface area contributed by atoms with E-state index in [4.69, 9.17) is 9.47 Å². The van der Waals surface area contributed by atoms with Crippen molar-refractivity contribution in [2.45, 2.75) is 59.7 Å². The van der Waals surface area contributed by atoms with E-state index >= 15 is 0 Å². The predicted molar refractivity (Wildman–Crippen MR) is 81.8 cm³/mol. The van der Waals surface area contributed by atoms with Gasteiger partial charge in [0.15, 0.2) is 0 Å². The topological polar surface area (TPSA) is 68.7 Å². The molecule has 0 aliphatic heterocycles. The number of carbonyl (C=O) groups is 2. The molecular formula is C14H22N2O4S. The largest absolute Gasteiger partial charge is 0.443 e. The number of hydrogen-bond donors (Lipinski definition) is 0. The van der Waals surface area contributed by atoms with Gasteiger partial charge in [-0.1, -0.05) is 0 Å². The molecule has 1 rings (SSSR count). The van der Waals surface area contributed by atoms with E-state index in [1.54, 1.807) is 53.8 Å². The molecule has 0 saturated carbocycles. The van der Waals surface area contributed by atoms with Crippen molar-refractivity contribution in [1.29, 1.82) is 0 Å². The first-order valence-electron chi connectivity index (χ1n) is 6.57. The van der Waals surface area contributed by atoms with E-state index in [1.807, 2.05) is 0 Å². The van der Waals surface area contributed by atoms with Gasteiger partial charge in [-0.3, -0.25) is 0 Å². The molecule has 0 fully saturated rings. The van der Waals surface area contributed by atoms with Crippen LogP contribution < -0.4 is 4.90 Å². The molecule has 1 heterocycles. The highest BCUT2D eigenvalue weighted by atomic mass is 32.1. The first-order chi connectivity index (χ1) is 9.39. The molecule has 7 heteroatoms. The Kier molecular flexibility index (Phi) is 4.99. The number of thiazole rings is 1. The summed E-state index contributed by atoms with van der Waals surface area (Å²) in [6, 6.07) is 0. The summed E-state index contributed by atoms with van der Waals surface area (Å²) < 4.78 is 10.5. The van der Waals surface area contributed by atoms with Crippen LogP contribution in [0.2, 0.25) is 0 Å². The number of hydrogen-bond acceptors (Lipinski definition) is 6. The Balaban J connectivity index is 3.06. The van der Waals surface area contributed by atoms with Gasteiger partial charge in [0.1, 0.15) is 11.2 Å². The van der Waals surface area contributed by atoms with Gasteiger partial charge in [-0.25, -0.2) is 14.6 Å². The summed E-state index contributed by atoms with van der Waals surface area (Å²) in [6.07, 6.45) is -1.60. The van der Waals surface area contributed by atoms with Gasteiger partial charge in [0.25, 0.3) is 0 Å². The van der Waals surface area contributed by atoms with E-state index < -0.39 is 23.4 Å². The number of rotatable bonds is 1. The Labute approximate surface area is 129 Å². The number of amides is 2. The van der Waals surface area contributed by atoms with E-state index in [1.165, 1.54) is 11.3 Å². The summed E-state index contributed by atoms with van der Waals surface area (Å²) in [7, 11) is 0. The number of anilines is 1. The standard InChI is InChI=1S/C14H22N2O4S/c1-9-8-21-10(15-9)16(11(17)19-13(2,3)4)12(18)20-14(5,6)7/h8H,1-7H3. The third kappa shape index (κ3) is 5.71. The van der Waals surface area contributed by atoms with Crippen molar-refractivity contribution in [3.63, 3.8) is 0 Å². The van der Waals surface area contributed by atoms with Crippen molar-refractivity contribution in [1.82, 2.24) is 4.98 Å². The quantitative estimate of drug-likeness (QED) is 0.779. The van der Waals surface area contributed by atoms with E-state index in [0.29, 0.717) is 5.69 Å². The van der Waals surface area contributed by atoms with Crippen molar-refractivity contribution in [2.75, 3.05) is 4.90 Å². The lowest BCUT2D eigenvalue weighted by molar-refractivity contribution is 0.0430. The summed E-state index contributed by atoms with van der Waals surface area (Å²) in [5, 5.41) is 1.98. The normalized spacial score (nSPS) is 12.0. The molecular weight excluding hydrogens is 292 g/mol. The Bertz CT molecular complexity index is 498. The molecule has 1 aromatic heterocycles. The summed E-state index contributed by atoms with van der Waals surface area (Å²) >= 11 is 1.18. The number of carbonyl (C=O) groups excluding carboxylic acids is 2. The van der Waals surface area contributed by atoms with Crippen LogP contribution in [0.3, 0.4) is 0 Å². The molecule has 0 saturated heterocycles. The highest BCUT2D eigenvalue weighted by molar-refractivity contribution is 7.14. The molecule has 0 aliphatic rings. The maximum Gasteiger partial charge on any atom is 0.426 e. The average Bonchev–Trinajstić information content (AvgIpc) is 2.58. The number of ether oxygens (including phenoxy) is 2. The highest BCUT2D eigenvalue weighted by Gasteiger charge is 2.34. The molecule has 118 valence electrons. The van der Waals surface area contributed by atoms with Gasteiger partial charge in [0, 0.05) is 5.38 Å². The minimum Gasteiger partial charge on any atom is -0.443 e. The zero-order chi connectivity index (χ0) is 16.4. The third-order valence-electron chi connectivity index (χ3n) is 1.95. The highest BCUT2D eigenvalue weighted by Crippen LogP contribution is 2.24. The Morgan fingerprint density at radius 1 is 1.05 bits per heavy atom. The molecule has 0 spiro atoms. The van der Waals surface area contributed by atoms with Gasteiger partial charge in [0.05, 0.1) is 5.69 Å². The Hall–Kier alpha value is -1.63. The second kappa shape index (κ2) is 6.01. The van der Waals surface area contributed by atoms with E-state index in [2.05, 4.69) is 4.98 Å². The fraction of sp³-hybridized carbons (Fsp3) is 0.643. The summed E-state index contributed by atoms with van der Waals surface area (Å²) in [4.78, 5) is 29.5. The van der Waals surface area contributed by atoms with Gasteiger partial charge in [0.2, 0.25) is 5.13 Å². The fourth-order valence-electron chi connectivity index (χ4n) is 1.29. The van der Waals surface area contributed by atoms with E-state index in [0.717, 1.165) is 4.90 Å². The Morgan fingerprint density at radius 2 is 1.48 bits per heavy atom. The zero-order valence-electron chi connectivity index (χ0n) is 13.5. The van der Waals surface area contributed by atoms with E-state index in [9.17, 15) is 9.59 Å². The van der Waals surface area contributed by atoms with Gasteiger partial charge in [-0.2, -0.15) is 4.90 Å². The maximum absolute atomic E-state index is 12.3. The molecule has 0 bridgehead atoms. The first kappa shape index (κ1) is 17.4. The van der Waals surface area contributed by atoms with Crippen LogP contribution in [0.5, 0.6) is 0 Å². The summed E-state index contributed by atoms with van der Waals surface area (Å²) in [5.41, 5.74) is -0.722. The van der Waals surface area contributed by atoms with Crippen molar-refractivity contribution in [3.8, 4) is 0 Å². The number of aromatic nitrogens is 1. The lowest BCUT2D eigenvalue weighted by Crippen LogP contribution is -2.43. The van der Waals surface area contributed by atoms with Crippen LogP contribution in [-0.4, -0.2) is 28.4 Å². The fourth-order valence-corrected chi connectivity index (χ4v) is 2.07. The molecule has 0 atom stereocenters. The molecule has 0 aromatic carbocycles. The summed E-state index contributed by atoms with van der Waals surface area (Å²) in [6.45, 7) is 12.1. The second-order valence-corrected chi connectivity index (χ2v) is 7.40. The molecule has 0 unspecified atom stereocenters. The minimum atomic E-state index is -0.800. The van der Waals surface area contributed by atoms with Crippen LogP contribution in [0.4, 0.5) is 14.7 Å². The predicted octanol–water partition coefficient (Wildman–Crippen LogP) is 4.13. The average molecular weight is 314 g/mol. The summed E-state index contributed by atoms with van der Waals surface area (Å²) in [5.74, 6) is 0. The molecule has 0 N–H and O–H groups in total. The molecule has 21 heavy (non-hydrogen) atoms. The SMILES string of the molecule is Cc1csc(N(C(=O)OC(C)(C)C)C(=O)OC(C)(C)C)n1. The van der Waals surface area contributed by atoms with Gasteiger partial charge < -0.3 is 9.47 Å². The van der Waals surface area contributed by atoms with Crippen LogP contribution in [0.25, 0.3) is 0 Å². The minimum absolute atomic E-state index is 0.232. The third-order valence-corrected chi connectivity index (χ3v) is 2.89. The van der Waals surface area contributed by atoms with Crippen molar-refractivity contribution >= 4 is 28.7 Å². The van der Waals surface area contributed by atoms with Crippen molar-refractivity contribution in [3.05, 3.63) is 11.1 Å². The van der Waals surface area contributed by atoms with Crippen LogP contribution in [0.1, 0.15) is 47.2 Å². The lowest BCUT2D eigenvalue weighted by Gasteiger charge is -2.27. The van der Waals surface area contributed by atoms with Crippen LogP contribution in [0.15, 0.2) is 5.38 Å². The van der Waals surface area contributed by atoms with Crippen LogP contribution in [-0.2, 0) is 9.47 Å². The molecule has 6 nitrogen and oxygen atoms in total. The molecule has 1 aromatic rings. The number of nitrogens with zero attached hydrogens (tertiary/aromatic N) is 2. The number of imide groups is 1. The lowest BCUT2D eigenvalue weighted by atomic mass is 10.2. The molecule has 2 amide bonds. The van der Waals surface area contributed by atoms with Gasteiger partial charge >= 0.3 is 12.2 Å². The van der Waals surface area contributed by atoms with Gasteiger partial charge in [-0.05, 0) is 48.5 Å². The number of aryl methyl sites for hydroxylation is 1. The molecule has 0 radical (unpaired) electrons.